The highest BCUT2D eigenvalue weighted by Gasteiger charge is 2.47. The maximum Gasteiger partial charge on any atom is 0.323 e. The predicted octanol–water partition coefficient (Wildman–Crippen LogP) is 14.3. The second-order valence-corrected chi connectivity index (χ2v) is 30.2. The highest BCUT2D eigenvalue weighted by atomic mass is 16.6. The quantitative estimate of drug-likeness (QED) is 0.0303. The van der Waals surface area contributed by atoms with Crippen molar-refractivity contribution in [2.45, 2.75) is 260 Å². The summed E-state index contributed by atoms with van der Waals surface area (Å²) in [6.45, 7) is -30.6. The van der Waals surface area contributed by atoms with Crippen LogP contribution < -0.4 is 60.8 Å². The Bertz CT molecular complexity index is 6610. The Kier molecular flexibility index (Phi) is 15.6. The normalized spacial score (nSPS) is 42.5. The van der Waals surface area contributed by atoms with Gasteiger partial charge in [-0.3, -0.25) is 38.8 Å². The van der Waals surface area contributed by atoms with Gasteiger partial charge in [-0.2, -0.15) is 0 Å². The number of esters is 4. The van der Waals surface area contributed by atoms with Crippen LogP contribution in [0.1, 0.15) is 314 Å². The minimum absolute atomic E-state index is 0.0373. The third-order valence-corrected chi connectivity index (χ3v) is 19.8. The Labute approximate surface area is 804 Å². The van der Waals surface area contributed by atoms with Gasteiger partial charge in [-0.1, -0.05) is 110 Å². The third kappa shape index (κ3) is 23.8. The fourth-order valence-corrected chi connectivity index (χ4v) is 14.1. The molecule has 4 fully saturated rings. The predicted molar refractivity (Wildman–Crippen MR) is 471 cm³/mol. The molecule has 0 amide bonds. The van der Waals surface area contributed by atoms with Gasteiger partial charge in [0.2, 0.25) is 0 Å². The smallest absolute Gasteiger partial charge is 0.323 e. The molecule has 4 aromatic rings. The van der Waals surface area contributed by atoms with Crippen molar-refractivity contribution in [3.8, 4) is 46.0 Å². The van der Waals surface area contributed by atoms with Crippen molar-refractivity contribution in [3.63, 3.8) is 0 Å². The van der Waals surface area contributed by atoms with Crippen LogP contribution in [0.25, 0.3) is 0 Å². The van der Waals surface area contributed by atoms with E-state index in [1.165, 1.54) is 78.0 Å². The Morgan fingerprint density at radius 2 is 0.642 bits per heavy atom. The summed E-state index contributed by atoms with van der Waals surface area (Å²) >= 11 is 0. The van der Waals surface area contributed by atoms with E-state index in [-0.39, 0.29) is 126 Å². The molecule has 4 saturated heterocycles. The van der Waals surface area contributed by atoms with Gasteiger partial charge in [0.1, 0.15) is 48.5 Å². The lowest BCUT2D eigenvalue weighted by atomic mass is 9.79. The van der Waals surface area contributed by atoms with Crippen molar-refractivity contribution in [1.82, 2.24) is 19.6 Å². The topological polar surface area (TPSA) is 296 Å². The third-order valence-electron chi connectivity index (χ3n) is 19.8. The minimum Gasteiger partial charge on any atom is -0.493 e. The van der Waals surface area contributed by atoms with Crippen LogP contribution in [0.3, 0.4) is 0 Å². The summed E-state index contributed by atoms with van der Waals surface area (Å²) in [6.07, 6.45) is -25.3. The monoisotopic (exact) mass is 1730 g/mol. The van der Waals surface area contributed by atoms with Crippen LogP contribution in [0.5, 0.6) is 46.0 Å². The number of rotatable bonds is 28. The Morgan fingerprint density at radius 1 is 0.375 bits per heavy atom. The van der Waals surface area contributed by atoms with E-state index < -0.39 is 313 Å². The zero-order valence-corrected chi connectivity index (χ0v) is 69.4. The summed E-state index contributed by atoms with van der Waals surface area (Å²) in [5.41, 5.74) is 23.6. The number of carbonyl (C=O) groups excluding carboxylic acids is 4. The first-order valence-electron chi connectivity index (χ1n) is 68.9. The number of ether oxygens (including phenoxy) is 12. The maximum absolute atomic E-state index is 13.6. The number of fused-ring (bicyclic) bond motifs is 12. The van der Waals surface area contributed by atoms with Crippen molar-refractivity contribution in [3.05, 3.63) is 93.0 Å². The number of hydrogen-bond acceptors (Lipinski definition) is 24. The lowest BCUT2D eigenvalue weighted by molar-refractivity contribution is -0.161. The molecule has 12 rings (SSSR count). The average molecular weight is 1740 g/mol. The summed E-state index contributed by atoms with van der Waals surface area (Å²) < 4.78 is 573. The van der Waals surface area contributed by atoms with Crippen LogP contribution in [0.4, 0.5) is 0 Å². The fraction of sp³-hybridized carbons (Fsp3) is 0.708. The van der Waals surface area contributed by atoms with E-state index in [4.69, 9.17) is 143 Å². The lowest BCUT2D eigenvalue weighted by Gasteiger charge is -2.47. The first-order valence-corrected chi connectivity index (χ1v) is 38.4. The zero-order chi connectivity index (χ0) is 141. The number of piperidine rings is 4. The van der Waals surface area contributed by atoms with E-state index in [1.807, 2.05) is 0 Å². The molecule has 8 aliphatic heterocycles. The van der Waals surface area contributed by atoms with E-state index in [0.717, 1.165) is 32.8 Å². The molecule has 0 bridgehead atoms. The molecule has 0 saturated carbocycles. The Morgan fingerprint density at radius 3 is 0.925 bits per heavy atom. The Balaban J connectivity index is 0.000000263. The molecular weight excluding hydrogens is 1520 g/mol. The van der Waals surface area contributed by atoms with Crippen molar-refractivity contribution < 1.29 is 160 Å². The lowest BCUT2D eigenvalue weighted by Crippen LogP contribution is -2.51. The maximum atomic E-state index is 13.6. The molecule has 672 valence electrons. The molecule has 120 heavy (non-hydrogen) atoms. The number of benzene rings is 4. The highest BCUT2D eigenvalue weighted by Crippen LogP contribution is 2.50. The van der Waals surface area contributed by atoms with Crippen LogP contribution in [0, 0.1) is 70.8 Å². The Hall–Kier alpha value is -7.16. The number of nitrogens with zero attached hydrogens (tertiary/aromatic N) is 4. The molecule has 0 aliphatic carbocycles. The fourth-order valence-electron chi connectivity index (χ4n) is 14.1. The van der Waals surface area contributed by atoms with E-state index in [1.54, 1.807) is 55.4 Å². The molecule has 0 radical (unpaired) electrons. The van der Waals surface area contributed by atoms with Gasteiger partial charge >= 0.3 is 23.9 Å². The van der Waals surface area contributed by atoms with Gasteiger partial charge < -0.3 is 79.8 Å². The number of methoxy groups -OCH3 is 8. The number of nitrogens with two attached hydrogens (primary N) is 4. The van der Waals surface area contributed by atoms with Crippen LogP contribution in [-0.4, -0.2) is 201 Å². The molecule has 12 unspecified atom stereocenters. The number of hydrogen-bond donors (Lipinski definition) is 4. The van der Waals surface area contributed by atoms with Gasteiger partial charge in [0.15, 0.2) is 46.0 Å². The molecule has 0 aromatic heterocycles. The molecule has 8 N–H and O–H groups in total. The molecule has 8 heterocycles. The molecule has 24 heteroatoms. The van der Waals surface area contributed by atoms with Crippen LogP contribution in [-0.2, 0) is 63.8 Å². The van der Waals surface area contributed by atoms with E-state index in [9.17, 15) is 39.7 Å². The highest BCUT2D eigenvalue weighted by molar-refractivity contribution is 5.77. The SMILES string of the molecule is [2H]C([2H])([2H])C([2H])(C([2H])([2H])[2H])[C@]([2H])(N)C(=O)OC1C([2H])([2H])C2([2H])c3cc(OC)c(OC)cc3CCN2C([2H])([2H])C1([2H])CC(C)C.[2H]C([2H])([2H])C([2H])(C([2H])([2H])[2H])[C@]([2H])(N)C(=O)OC1C([2H])([2H])C2([2H])c3cc(OC)c(OC)cc3CCN2C([2H])([2H])C1([2H])CC(C)C.[2H]C([2H])([2H])Oc1cc2c(cc1OC)C1([2H])N(CC2)C([2H])([2H])C([2H])(CC(C)C)C(OC(=O)[C@@]([2H])(N)C([2H])(C([2H])([2H])[2H])C([2H])([2H])[2H])C1([2H])[2H].[2H]C([2H])([2H])Oc1cc2c(cc1OC)C1N(CC2)C([2H])([2H])C(CC(C)C)C([2H])(OC(=O)[C@@]([2H])(N)C([2H])(C([2H])([2H])[2H])C([2H])([2H])[2H])C1([2H])[2H]. The number of carbonyl (C=O) groups is 4. The van der Waals surface area contributed by atoms with Crippen LogP contribution >= 0.6 is 0 Å². The summed E-state index contributed by atoms with van der Waals surface area (Å²) in [4.78, 5) is 58.1. The van der Waals surface area contributed by atoms with Gasteiger partial charge in [0.25, 0.3) is 0 Å². The second kappa shape index (κ2) is 43.9. The van der Waals surface area contributed by atoms with Gasteiger partial charge in [0, 0.05) is 190 Å². The zero-order valence-electron chi connectivity index (χ0n) is 130. The van der Waals surface area contributed by atoms with Gasteiger partial charge in [0.05, 0.1) is 75.9 Å². The molecule has 8 aliphatic rings. The van der Waals surface area contributed by atoms with E-state index in [2.05, 4.69) is 0 Å². The van der Waals surface area contributed by atoms with Crippen molar-refractivity contribution >= 4 is 23.9 Å². The van der Waals surface area contributed by atoms with Gasteiger partial charge in [-0.15, -0.1) is 0 Å². The molecule has 0 spiro atoms. The standard InChI is InChI=1S/4C24H38N2O4/c4*1-14(2)9-17-13-26-8-7-16-10-21(28-5)22(29-6)11-18(16)19(26)12-20(17)30-24(27)23(25)15(3)4/h4*10-11,14-15,17,19-20,23H,7-9,12-13,25H2,1-6H3/t4*17?,19?,20?,23-/m0000/s1/i3D3,4D3,5D3,12D2,13D2,15D,17D,19D,23D;2*3D3,4D3,12D2,13D2,15D,17D,19D,23D;3D3,4D3,5D3,12D2,13D2,15D,20D,23D. The summed E-state index contributed by atoms with van der Waals surface area (Å²) in [7, 11) is 1.86. The summed E-state index contributed by atoms with van der Waals surface area (Å²) in [6, 6.07) is -15.4. The van der Waals surface area contributed by atoms with Crippen molar-refractivity contribution in [2.24, 2.45) is 93.8 Å². The first-order chi connectivity index (χ1) is 80.5. The van der Waals surface area contributed by atoms with Crippen molar-refractivity contribution in [2.75, 3.05) is 109 Å². The summed E-state index contributed by atoms with van der Waals surface area (Å²) in [5.74, 6) is -37.2. The first kappa shape index (κ1) is 42.7. The van der Waals surface area contributed by atoms with E-state index in [0.29, 0.717) is 16.7 Å². The average Bonchev–Trinajstić information content (AvgIpc) is 0.669. The molecular formula is C96H152N8O16. The molecule has 4 aromatic carbocycles. The van der Waals surface area contributed by atoms with Crippen LogP contribution in [0.2, 0.25) is 0 Å². The molecule has 24 nitrogen and oxygen atoms in total. The second-order valence-electron chi connectivity index (χ2n) is 30.2. The summed E-state index contributed by atoms with van der Waals surface area (Å²) in [5, 5.41) is 0. The van der Waals surface area contributed by atoms with Gasteiger partial charge in [-0.05, 0) is 192 Å². The largest absolute Gasteiger partial charge is 0.493 e. The van der Waals surface area contributed by atoms with Crippen LogP contribution in [0.15, 0.2) is 48.5 Å². The van der Waals surface area contributed by atoms with Gasteiger partial charge in [-0.25, -0.2) is 0 Å². The minimum atomic E-state index is -4.04. The van der Waals surface area contributed by atoms with Crippen molar-refractivity contribution in [1.29, 1.82) is 0 Å². The van der Waals surface area contributed by atoms with E-state index >= 15 is 0 Å². The molecule has 16 atom stereocenters.